The molecule has 0 aliphatic carbocycles. The van der Waals surface area contributed by atoms with E-state index in [1.807, 2.05) is 0 Å². The minimum Gasteiger partial charge on any atom is -0.297 e. The maximum absolute atomic E-state index is 2.80. The van der Waals surface area contributed by atoms with Crippen LogP contribution in [0.1, 0.15) is 51.9 Å². The average molecular weight is 167 g/mol. The fourth-order valence-corrected chi connectivity index (χ4v) is 3.05. The van der Waals surface area contributed by atoms with E-state index in [1.54, 1.807) is 0 Å². The third-order valence-electron chi connectivity index (χ3n) is 3.57. The first-order chi connectivity index (χ1) is 5.92. The third-order valence-corrected chi connectivity index (χ3v) is 3.57. The number of rotatable bonds is 2. The van der Waals surface area contributed by atoms with Crippen LogP contribution in [0.25, 0.3) is 0 Å². The van der Waals surface area contributed by atoms with Crippen LogP contribution in [0.3, 0.4) is 0 Å². The molecule has 2 saturated heterocycles. The molecule has 2 aliphatic rings. The summed E-state index contributed by atoms with van der Waals surface area (Å²) < 4.78 is 0. The first-order valence-electron chi connectivity index (χ1n) is 5.67. The lowest BCUT2D eigenvalue weighted by atomic mass is 9.84. The monoisotopic (exact) mass is 167 g/mol. The summed E-state index contributed by atoms with van der Waals surface area (Å²) in [6.45, 7) is 3.67. The summed E-state index contributed by atoms with van der Waals surface area (Å²) in [6, 6.07) is 1.94. The third kappa shape index (κ3) is 1.52. The van der Waals surface area contributed by atoms with E-state index < -0.39 is 0 Å². The van der Waals surface area contributed by atoms with Gasteiger partial charge in [0.05, 0.1) is 0 Å². The van der Waals surface area contributed by atoms with Gasteiger partial charge in [0.15, 0.2) is 0 Å². The molecule has 1 nitrogen and oxygen atoms in total. The molecule has 2 fully saturated rings. The zero-order chi connectivity index (χ0) is 8.39. The quantitative estimate of drug-likeness (QED) is 0.611. The van der Waals surface area contributed by atoms with Crippen molar-refractivity contribution >= 4 is 0 Å². The molecule has 0 saturated carbocycles. The summed E-state index contributed by atoms with van der Waals surface area (Å²) in [6.07, 6.45) is 10.3. The molecule has 2 rings (SSSR count). The minimum atomic E-state index is 0.970. The number of nitrogens with zero attached hydrogens (tertiary/aromatic N) is 1. The maximum Gasteiger partial charge on any atom is 0.00982 e. The van der Waals surface area contributed by atoms with Crippen LogP contribution in [0.4, 0.5) is 0 Å². The van der Waals surface area contributed by atoms with E-state index in [2.05, 4.69) is 11.8 Å². The van der Waals surface area contributed by atoms with Crippen molar-refractivity contribution in [2.45, 2.75) is 64.0 Å². The van der Waals surface area contributed by atoms with E-state index in [-0.39, 0.29) is 0 Å². The van der Waals surface area contributed by atoms with Gasteiger partial charge >= 0.3 is 0 Å². The predicted molar refractivity (Wildman–Crippen MR) is 52.3 cm³/mol. The molecule has 0 atom stereocenters. The molecule has 0 aromatic rings. The molecule has 1 heteroatoms. The van der Waals surface area contributed by atoms with Crippen LogP contribution >= 0.6 is 0 Å². The van der Waals surface area contributed by atoms with Crippen LogP contribution in [0.2, 0.25) is 0 Å². The summed E-state index contributed by atoms with van der Waals surface area (Å²) in [5.41, 5.74) is 0. The van der Waals surface area contributed by atoms with E-state index in [9.17, 15) is 0 Å². The van der Waals surface area contributed by atoms with E-state index >= 15 is 0 Å². The van der Waals surface area contributed by atoms with Gasteiger partial charge in [-0.05, 0) is 38.6 Å². The lowest BCUT2D eigenvalue weighted by Gasteiger charge is -2.46. The molecule has 0 aromatic heterocycles. The lowest BCUT2D eigenvalue weighted by Crippen LogP contribution is -2.49. The first-order valence-corrected chi connectivity index (χ1v) is 5.67. The van der Waals surface area contributed by atoms with Gasteiger partial charge in [0.2, 0.25) is 0 Å². The Bertz CT molecular complexity index is 122. The number of piperidine rings is 2. The van der Waals surface area contributed by atoms with Gasteiger partial charge in [-0.3, -0.25) is 4.90 Å². The highest BCUT2D eigenvalue weighted by molar-refractivity contribution is 4.88. The second kappa shape index (κ2) is 3.78. The SMILES string of the molecule is CCCN1C2CCCC1CCC2. The van der Waals surface area contributed by atoms with Crippen molar-refractivity contribution in [2.24, 2.45) is 0 Å². The highest BCUT2D eigenvalue weighted by Crippen LogP contribution is 2.33. The van der Waals surface area contributed by atoms with Crippen molar-refractivity contribution in [1.82, 2.24) is 4.90 Å². The van der Waals surface area contributed by atoms with E-state index in [0.717, 1.165) is 12.1 Å². The Kier molecular flexibility index (Phi) is 2.69. The Hall–Kier alpha value is -0.0400. The van der Waals surface area contributed by atoms with Crippen LogP contribution in [0.5, 0.6) is 0 Å². The van der Waals surface area contributed by atoms with Crippen molar-refractivity contribution in [1.29, 1.82) is 0 Å². The Morgan fingerprint density at radius 1 is 1.00 bits per heavy atom. The normalized spacial score (nSPS) is 36.8. The largest absolute Gasteiger partial charge is 0.297 e. The van der Waals surface area contributed by atoms with Gasteiger partial charge in [-0.15, -0.1) is 0 Å². The summed E-state index contributed by atoms with van der Waals surface area (Å²) >= 11 is 0. The van der Waals surface area contributed by atoms with Gasteiger partial charge < -0.3 is 0 Å². The van der Waals surface area contributed by atoms with Crippen LogP contribution < -0.4 is 0 Å². The molecule has 2 bridgehead atoms. The van der Waals surface area contributed by atoms with Crippen molar-refractivity contribution in [3.05, 3.63) is 0 Å². The summed E-state index contributed by atoms with van der Waals surface area (Å²) in [4.78, 5) is 2.80. The van der Waals surface area contributed by atoms with Crippen molar-refractivity contribution in [3.63, 3.8) is 0 Å². The second-order valence-electron chi connectivity index (χ2n) is 4.41. The van der Waals surface area contributed by atoms with Crippen molar-refractivity contribution < 1.29 is 0 Å². The van der Waals surface area contributed by atoms with Crippen LogP contribution in [0.15, 0.2) is 0 Å². The van der Waals surface area contributed by atoms with E-state index in [1.165, 1.54) is 51.5 Å². The van der Waals surface area contributed by atoms with Gasteiger partial charge in [-0.1, -0.05) is 19.8 Å². The molecule has 0 N–H and O–H groups in total. The molecule has 70 valence electrons. The van der Waals surface area contributed by atoms with Crippen molar-refractivity contribution in [2.75, 3.05) is 6.54 Å². The molecule has 0 amide bonds. The van der Waals surface area contributed by atoms with Crippen LogP contribution in [-0.4, -0.2) is 23.5 Å². The molecule has 0 spiro atoms. The fraction of sp³-hybridized carbons (Fsp3) is 1.00. The molecular formula is C11H21N. The number of fused-ring (bicyclic) bond motifs is 2. The smallest absolute Gasteiger partial charge is 0.00982 e. The summed E-state index contributed by atoms with van der Waals surface area (Å²) in [7, 11) is 0. The van der Waals surface area contributed by atoms with Crippen LogP contribution in [-0.2, 0) is 0 Å². The Morgan fingerprint density at radius 2 is 1.50 bits per heavy atom. The number of hydrogen-bond acceptors (Lipinski definition) is 1. The summed E-state index contributed by atoms with van der Waals surface area (Å²) in [5, 5.41) is 0. The second-order valence-corrected chi connectivity index (χ2v) is 4.41. The molecule has 0 radical (unpaired) electrons. The standard InChI is InChI=1S/C11H21N/c1-2-9-12-10-5-3-6-11(12)8-4-7-10/h10-11H,2-9H2,1H3. The Balaban J connectivity index is 1.98. The minimum absolute atomic E-state index is 0.970. The summed E-state index contributed by atoms with van der Waals surface area (Å²) in [5.74, 6) is 0. The van der Waals surface area contributed by atoms with Crippen LogP contribution in [0, 0.1) is 0 Å². The molecule has 2 heterocycles. The van der Waals surface area contributed by atoms with Gasteiger partial charge in [0.25, 0.3) is 0 Å². The predicted octanol–water partition coefficient (Wildman–Crippen LogP) is 2.80. The highest BCUT2D eigenvalue weighted by atomic mass is 15.2. The van der Waals surface area contributed by atoms with E-state index in [4.69, 9.17) is 0 Å². The van der Waals surface area contributed by atoms with Gasteiger partial charge in [-0.2, -0.15) is 0 Å². The van der Waals surface area contributed by atoms with Gasteiger partial charge in [0, 0.05) is 12.1 Å². The zero-order valence-electron chi connectivity index (χ0n) is 8.26. The highest BCUT2D eigenvalue weighted by Gasteiger charge is 2.32. The number of hydrogen-bond donors (Lipinski definition) is 0. The zero-order valence-corrected chi connectivity index (χ0v) is 8.26. The first kappa shape index (κ1) is 8.55. The maximum atomic E-state index is 2.80. The topological polar surface area (TPSA) is 3.24 Å². The Morgan fingerprint density at radius 3 is 1.92 bits per heavy atom. The molecule has 2 aliphatic heterocycles. The molecule has 0 unspecified atom stereocenters. The van der Waals surface area contributed by atoms with Crippen molar-refractivity contribution in [3.8, 4) is 0 Å². The average Bonchev–Trinajstić information content (AvgIpc) is 2.04. The molecule has 12 heavy (non-hydrogen) atoms. The lowest BCUT2D eigenvalue weighted by molar-refractivity contribution is 0.0408. The van der Waals surface area contributed by atoms with Gasteiger partial charge in [-0.25, -0.2) is 0 Å². The fourth-order valence-electron chi connectivity index (χ4n) is 3.05. The molecule has 0 aromatic carbocycles. The van der Waals surface area contributed by atoms with Gasteiger partial charge in [0.1, 0.15) is 0 Å². The van der Waals surface area contributed by atoms with E-state index in [0.29, 0.717) is 0 Å². The molecular weight excluding hydrogens is 146 g/mol. The Labute approximate surface area is 76.1 Å².